The molecule has 7 nitrogen and oxygen atoms in total. The molecule has 1 aliphatic heterocycles. The Morgan fingerprint density at radius 1 is 1.14 bits per heavy atom. The molecule has 0 saturated carbocycles. The summed E-state index contributed by atoms with van der Waals surface area (Å²) in [6.07, 6.45) is 3.72. The molecule has 1 unspecified atom stereocenters. The minimum atomic E-state index is -1.63. The molecule has 1 aromatic heterocycles. The number of imidazole rings is 1. The van der Waals surface area contributed by atoms with Gasteiger partial charge in [0.1, 0.15) is 0 Å². The van der Waals surface area contributed by atoms with Gasteiger partial charge >= 0.3 is 0 Å². The molecule has 0 fully saturated rings. The summed E-state index contributed by atoms with van der Waals surface area (Å²) in [5.41, 5.74) is 0.340. The van der Waals surface area contributed by atoms with Crippen molar-refractivity contribution in [3.05, 3.63) is 77.4 Å². The summed E-state index contributed by atoms with van der Waals surface area (Å²) in [5, 5.41) is 11.6. The van der Waals surface area contributed by atoms with Gasteiger partial charge in [0.2, 0.25) is 5.72 Å². The van der Waals surface area contributed by atoms with E-state index in [1.165, 1.54) is 4.90 Å². The molecule has 1 atom stereocenters. The summed E-state index contributed by atoms with van der Waals surface area (Å²) < 4.78 is 10.6. The predicted molar refractivity (Wildman–Crippen MR) is 102 cm³/mol. The van der Waals surface area contributed by atoms with E-state index in [1.54, 1.807) is 50.9 Å². The van der Waals surface area contributed by atoms with Gasteiger partial charge in [0.25, 0.3) is 5.91 Å². The molecular weight excluding hydrogens is 358 g/mol. The van der Waals surface area contributed by atoms with Crippen LogP contribution in [0.15, 0.2) is 54.9 Å². The smallest absolute Gasteiger partial charge is 0.257 e. The maximum Gasteiger partial charge on any atom is 0.257 e. The maximum atomic E-state index is 13.0. The molecule has 144 valence electrons. The first-order chi connectivity index (χ1) is 13.6. The van der Waals surface area contributed by atoms with E-state index in [0.717, 1.165) is 5.56 Å². The van der Waals surface area contributed by atoms with Crippen LogP contribution in [0.1, 0.15) is 27.3 Å². The second kappa shape index (κ2) is 7.01. The van der Waals surface area contributed by atoms with Crippen LogP contribution in [0.25, 0.3) is 0 Å². The van der Waals surface area contributed by atoms with Gasteiger partial charge in [-0.15, -0.1) is 0 Å². The van der Waals surface area contributed by atoms with Crippen molar-refractivity contribution in [1.82, 2.24) is 14.9 Å². The first-order valence-corrected chi connectivity index (χ1v) is 8.94. The topological polar surface area (TPSA) is 87.7 Å². The number of rotatable bonds is 6. The van der Waals surface area contributed by atoms with E-state index in [2.05, 4.69) is 9.97 Å². The first kappa shape index (κ1) is 18.1. The Hall–Kier alpha value is -3.32. The van der Waals surface area contributed by atoms with Crippen LogP contribution in [0.4, 0.5) is 0 Å². The van der Waals surface area contributed by atoms with Crippen molar-refractivity contribution in [2.24, 2.45) is 0 Å². The number of aromatic amines is 1. The molecule has 4 rings (SSSR count). The second-order valence-corrected chi connectivity index (χ2v) is 6.55. The van der Waals surface area contributed by atoms with E-state index in [-0.39, 0.29) is 5.91 Å². The highest BCUT2D eigenvalue weighted by Gasteiger charge is 2.51. The van der Waals surface area contributed by atoms with E-state index in [9.17, 15) is 9.90 Å². The first-order valence-electron chi connectivity index (χ1n) is 8.94. The summed E-state index contributed by atoms with van der Waals surface area (Å²) in [7, 11) is 3.17. The van der Waals surface area contributed by atoms with E-state index in [0.29, 0.717) is 41.4 Å². The SMILES string of the molecule is COc1ccc(CCN2C(=O)c3ccccc3C2(O)c2ncc[nH]2)cc1OC. The van der Waals surface area contributed by atoms with Crippen molar-refractivity contribution in [2.75, 3.05) is 20.8 Å². The zero-order chi connectivity index (χ0) is 19.7. The minimum absolute atomic E-state index is 0.227. The predicted octanol–water partition coefficient (Wildman–Crippen LogP) is 2.32. The zero-order valence-corrected chi connectivity index (χ0v) is 15.7. The third-order valence-corrected chi connectivity index (χ3v) is 5.07. The number of carbonyl (C=O) groups is 1. The monoisotopic (exact) mass is 379 g/mol. The van der Waals surface area contributed by atoms with E-state index >= 15 is 0 Å². The molecule has 0 aliphatic carbocycles. The lowest BCUT2D eigenvalue weighted by Crippen LogP contribution is -2.46. The zero-order valence-electron chi connectivity index (χ0n) is 15.7. The van der Waals surface area contributed by atoms with Gasteiger partial charge in [-0.2, -0.15) is 0 Å². The summed E-state index contributed by atoms with van der Waals surface area (Å²) in [6, 6.07) is 12.7. The Balaban J connectivity index is 1.66. The highest BCUT2D eigenvalue weighted by atomic mass is 16.5. The van der Waals surface area contributed by atoms with Crippen LogP contribution in [0, 0.1) is 0 Å². The maximum absolute atomic E-state index is 13.0. The number of benzene rings is 2. The number of fused-ring (bicyclic) bond motifs is 1. The molecule has 1 amide bonds. The van der Waals surface area contributed by atoms with Gasteiger partial charge in [0.15, 0.2) is 17.3 Å². The Kier molecular flexibility index (Phi) is 4.52. The van der Waals surface area contributed by atoms with Crippen molar-refractivity contribution in [2.45, 2.75) is 12.1 Å². The van der Waals surface area contributed by atoms with Crippen molar-refractivity contribution in [3.63, 3.8) is 0 Å². The van der Waals surface area contributed by atoms with E-state index in [4.69, 9.17) is 9.47 Å². The summed E-state index contributed by atoms with van der Waals surface area (Å²) in [5.74, 6) is 1.36. The largest absolute Gasteiger partial charge is 0.493 e. The summed E-state index contributed by atoms with van der Waals surface area (Å²) in [6.45, 7) is 0.306. The number of aliphatic hydroxyl groups is 1. The average molecular weight is 379 g/mol. The molecule has 3 aromatic rings. The van der Waals surface area contributed by atoms with E-state index in [1.807, 2.05) is 18.2 Å². The average Bonchev–Trinajstić information content (AvgIpc) is 3.34. The van der Waals surface area contributed by atoms with Crippen molar-refractivity contribution in [1.29, 1.82) is 0 Å². The number of hydrogen-bond acceptors (Lipinski definition) is 5. The van der Waals surface area contributed by atoms with Gasteiger partial charge in [-0.25, -0.2) is 4.98 Å². The fourth-order valence-electron chi connectivity index (χ4n) is 3.66. The molecule has 0 radical (unpaired) electrons. The van der Waals surface area contributed by atoms with Crippen LogP contribution in [-0.4, -0.2) is 46.6 Å². The number of nitrogens with zero attached hydrogens (tertiary/aromatic N) is 2. The highest BCUT2D eigenvalue weighted by Crippen LogP contribution is 2.40. The van der Waals surface area contributed by atoms with Crippen LogP contribution < -0.4 is 9.47 Å². The van der Waals surface area contributed by atoms with Crippen LogP contribution in [0.3, 0.4) is 0 Å². The Labute approximate surface area is 162 Å². The molecule has 0 bridgehead atoms. The van der Waals surface area contributed by atoms with Gasteiger partial charge in [0, 0.05) is 30.1 Å². The van der Waals surface area contributed by atoms with Crippen LogP contribution in [0.2, 0.25) is 0 Å². The lowest BCUT2D eigenvalue weighted by molar-refractivity contribution is -0.0553. The third kappa shape index (κ3) is 2.71. The Bertz CT molecular complexity index is 1000. The summed E-state index contributed by atoms with van der Waals surface area (Å²) >= 11 is 0. The van der Waals surface area contributed by atoms with Crippen molar-refractivity contribution < 1.29 is 19.4 Å². The molecule has 2 N–H and O–H groups in total. The number of H-pyrrole nitrogens is 1. The Morgan fingerprint density at radius 2 is 1.93 bits per heavy atom. The number of hydrogen-bond donors (Lipinski definition) is 2. The standard InChI is InChI=1S/C21H21N3O4/c1-27-17-8-7-14(13-18(17)28-2)9-12-24-19(25)15-5-3-4-6-16(15)21(24,26)20-22-10-11-23-20/h3-8,10-11,13,26H,9,12H2,1-2H3,(H,22,23). The molecule has 2 heterocycles. The van der Waals surface area contributed by atoms with Gasteiger partial charge < -0.3 is 19.6 Å². The van der Waals surface area contributed by atoms with Crippen molar-refractivity contribution in [3.8, 4) is 11.5 Å². The molecule has 0 spiro atoms. The molecular formula is C21H21N3O4. The number of aromatic nitrogens is 2. The summed E-state index contributed by atoms with van der Waals surface area (Å²) in [4.78, 5) is 21.7. The number of nitrogens with one attached hydrogen (secondary N) is 1. The van der Waals surface area contributed by atoms with Gasteiger partial charge in [-0.05, 0) is 30.2 Å². The molecule has 0 saturated heterocycles. The van der Waals surface area contributed by atoms with Crippen LogP contribution in [-0.2, 0) is 12.1 Å². The molecule has 28 heavy (non-hydrogen) atoms. The number of ether oxygens (including phenoxy) is 2. The number of amides is 1. The van der Waals surface area contributed by atoms with Gasteiger partial charge in [-0.3, -0.25) is 9.69 Å². The number of carbonyl (C=O) groups excluding carboxylic acids is 1. The van der Waals surface area contributed by atoms with Crippen LogP contribution in [0.5, 0.6) is 11.5 Å². The molecule has 1 aliphatic rings. The normalized spacial score (nSPS) is 18.2. The molecule has 7 heteroatoms. The van der Waals surface area contributed by atoms with Gasteiger partial charge in [0.05, 0.1) is 14.2 Å². The second-order valence-electron chi connectivity index (χ2n) is 6.55. The lowest BCUT2D eigenvalue weighted by atomic mass is 10.0. The quantitative estimate of drug-likeness (QED) is 0.686. The Morgan fingerprint density at radius 3 is 2.64 bits per heavy atom. The fraction of sp³-hybridized carbons (Fsp3) is 0.238. The van der Waals surface area contributed by atoms with Gasteiger partial charge in [-0.1, -0.05) is 24.3 Å². The third-order valence-electron chi connectivity index (χ3n) is 5.07. The molecule has 2 aromatic carbocycles. The number of methoxy groups -OCH3 is 2. The van der Waals surface area contributed by atoms with E-state index < -0.39 is 5.72 Å². The van der Waals surface area contributed by atoms with Crippen LogP contribution >= 0.6 is 0 Å². The van der Waals surface area contributed by atoms with Crippen molar-refractivity contribution >= 4 is 5.91 Å². The highest BCUT2D eigenvalue weighted by molar-refractivity contribution is 6.00. The fourth-order valence-corrected chi connectivity index (χ4v) is 3.66. The minimum Gasteiger partial charge on any atom is -0.493 e. The lowest BCUT2D eigenvalue weighted by Gasteiger charge is -2.32.